The normalized spacial score (nSPS) is 11.0. The van der Waals surface area contributed by atoms with Crippen molar-refractivity contribution in [3.63, 3.8) is 0 Å². The minimum atomic E-state index is -0.472. The van der Waals surface area contributed by atoms with Crippen LogP contribution in [-0.2, 0) is 0 Å². The number of amidine groups is 1. The maximum atomic E-state index is 14.3. The number of aromatic nitrogens is 3. The molecule has 3 aromatic rings. The van der Waals surface area contributed by atoms with Gasteiger partial charge >= 0.3 is 0 Å². The fourth-order valence-electron chi connectivity index (χ4n) is 1.81. The van der Waals surface area contributed by atoms with E-state index < -0.39 is 5.82 Å². The molecule has 21 heavy (non-hydrogen) atoms. The van der Waals surface area contributed by atoms with E-state index in [-0.39, 0.29) is 10.3 Å². The molecule has 3 N–H and O–H groups in total. The Bertz CT molecular complexity index is 848. The van der Waals surface area contributed by atoms with E-state index in [1.807, 2.05) is 24.4 Å². The number of nitrogens with zero attached hydrogens (tertiary/aromatic N) is 3. The second kappa shape index (κ2) is 5.45. The zero-order valence-corrected chi connectivity index (χ0v) is 12.9. The first-order valence-corrected chi connectivity index (χ1v) is 7.49. The third kappa shape index (κ3) is 2.52. The van der Waals surface area contributed by atoms with Crippen molar-refractivity contribution in [2.24, 2.45) is 5.73 Å². The molecule has 0 aliphatic rings. The van der Waals surface area contributed by atoms with Crippen molar-refractivity contribution in [1.29, 1.82) is 5.41 Å². The lowest BCUT2D eigenvalue weighted by molar-refractivity contribution is 0.594. The highest BCUT2D eigenvalue weighted by molar-refractivity contribution is 9.10. The maximum Gasteiger partial charge on any atom is 0.200 e. The molecule has 2 heterocycles. The molecule has 2 aromatic heterocycles. The first-order chi connectivity index (χ1) is 10.1. The van der Waals surface area contributed by atoms with Gasteiger partial charge in [-0.25, -0.2) is 4.39 Å². The van der Waals surface area contributed by atoms with Crippen LogP contribution < -0.4 is 5.73 Å². The molecule has 0 atom stereocenters. The SMILES string of the molecule is N=C(N)c1ccc(Sc2nnc3ccccn23)c(F)c1Br. The lowest BCUT2D eigenvalue weighted by atomic mass is 10.2. The summed E-state index contributed by atoms with van der Waals surface area (Å²) in [5.74, 6) is -0.661. The molecule has 1 aromatic carbocycles. The van der Waals surface area contributed by atoms with Gasteiger partial charge in [0.15, 0.2) is 11.5 Å². The Labute approximate surface area is 132 Å². The summed E-state index contributed by atoms with van der Waals surface area (Å²) in [7, 11) is 0. The van der Waals surface area contributed by atoms with Gasteiger partial charge in [0.05, 0.1) is 9.37 Å². The van der Waals surface area contributed by atoms with Crippen molar-refractivity contribution in [2.45, 2.75) is 10.1 Å². The Kier molecular flexibility index (Phi) is 3.64. The molecule has 0 amide bonds. The Morgan fingerprint density at radius 3 is 2.86 bits per heavy atom. The van der Waals surface area contributed by atoms with Crippen LogP contribution in [0.5, 0.6) is 0 Å². The number of nitrogens with two attached hydrogens (primary N) is 1. The van der Waals surface area contributed by atoms with Crippen LogP contribution in [0, 0.1) is 11.2 Å². The molecule has 106 valence electrons. The summed E-state index contributed by atoms with van der Waals surface area (Å²) >= 11 is 4.29. The average molecular weight is 366 g/mol. The molecule has 8 heteroatoms. The van der Waals surface area contributed by atoms with E-state index in [0.29, 0.717) is 21.3 Å². The Hall–Kier alpha value is -1.93. The summed E-state index contributed by atoms with van der Waals surface area (Å²) in [6, 6.07) is 8.71. The first-order valence-electron chi connectivity index (χ1n) is 5.88. The summed E-state index contributed by atoms with van der Waals surface area (Å²) < 4.78 is 16.3. The molecule has 0 aliphatic heterocycles. The monoisotopic (exact) mass is 365 g/mol. The number of halogens is 2. The number of hydrogen-bond acceptors (Lipinski definition) is 4. The summed E-state index contributed by atoms with van der Waals surface area (Å²) in [4.78, 5) is 0.380. The van der Waals surface area contributed by atoms with Gasteiger partial charge in [-0.2, -0.15) is 0 Å². The Morgan fingerprint density at radius 2 is 2.10 bits per heavy atom. The highest BCUT2D eigenvalue weighted by Crippen LogP contribution is 2.33. The number of benzene rings is 1. The summed E-state index contributed by atoms with van der Waals surface area (Å²) in [6.07, 6.45) is 1.81. The molecule has 0 unspecified atom stereocenters. The minimum absolute atomic E-state index is 0.175. The fourth-order valence-corrected chi connectivity index (χ4v) is 3.36. The van der Waals surface area contributed by atoms with Crippen molar-refractivity contribution in [3.05, 3.63) is 52.4 Å². The third-order valence-corrected chi connectivity index (χ3v) is 4.59. The topological polar surface area (TPSA) is 80.1 Å². The lowest BCUT2D eigenvalue weighted by Crippen LogP contribution is -2.12. The standard InChI is InChI=1S/C13H9BrFN5S/c14-10-7(12(16)17)4-5-8(11(10)15)21-13-19-18-9-3-1-2-6-20(9)13/h1-6H,(H3,16,17). The van der Waals surface area contributed by atoms with Gasteiger partial charge in [0.25, 0.3) is 0 Å². The van der Waals surface area contributed by atoms with E-state index in [1.165, 1.54) is 0 Å². The van der Waals surface area contributed by atoms with E-state index in [0.717, 1.165) is 11.8 Å². The molecule has 0 fully saturated rings. The highest BCUT2D eigenvalue weighted by Gasteiger charge is 2.16. The molecule has 5 nitrogen and oxygen atoms in total. The van der Waals surface area contributed by atoms with Crippen LogP contribution in [0.1, 0.15) is 5.56 Å². The second-order valence-corrected chi connectivity index (χ2v) is 5.97. The van der Waals surface area contributed by atoms with Crippen molar-refractivity contribution in [2.75, 3.05) is 0 Å². The van der Waals surface area contributed by atoms with Crippen molar-refractivity contribution >= 4 is 39.2 Å². The van der Waals surface area contributed by atoms with E-state index in [4.69, 9.17) is 11.1 Å². The molecular weight excluding hydrogens is 357 g/mol. The van der Waals surface area contributed by atoms with E-state index in [2.05, 4.69) is 26.1 Å². The molecule has 3 rings (SSSR count). The second-order valence-electron chi connectivity index (χ2n) is 4.17. The third-order valence-electron chi connectivity index (χ3n) is 2.82. The highest BCUT2D eigenvalue weighted by atomic mass is 79.9. The molecule has 0 radical (unpaired) electrons. The fraction of sp³-hybridized carbons (Fsp3) is 0. The smallest absolute Gasteiger partial charge is 0.200 e. The zero-order chi connectivity index (χ0) is 15.0. The largest absolute Gasteiger partial charge is 0.384 e. The van der Waals surface area contributed by atoms with Crippen molar-refractivity contribution < 1.29 is 4.39 Å². The number of rotatable bonds is 3. The number of fused-ring (bicyclic) bond motifs is 1. The van der Waals surface area contributed by atoms with Gasteiger partial charge in [0, 0.05) is 11.8 Å². The van der Waals surface area contributed by atoms with Crippen LogP contribution in [0.15, 0.2) is 51.1 Å². The number of hydrogen-bond donors (Lipinski definition) is 2. The summed E-state index contributed by atoms with van der Waals surface area (Å²) in [5, 5.41) is 16.0. The van der Waals surface area contributed by atoms with Crippen molar-refractivity contribution in [1.82, 2.24) is 14.6 Å². The molecule has 0 spiro atoms. The summed E-state index contributed by atoms with van der Waals surface area (Å²) in [5.41, 5.74) is 6.41. The predicted molar refractivity (Wildman–Crippen MR) is 82.2 cm³/mol. The average Bonchev–Trinajstić information content (AvgIpc) is 2.87. The van der Waals surface area contributed by atoms with Gasteiger partial charge < -0.3 is 5.73 Å². The van der Waals surface area contributed by atoms with Gasteiger partial charge in [-0.15, -0.1) is 10.2 Å². The maximum absolute atomic E-state index is 14.3. The van der Waals surface area contributed by atoms with Gasteiger partial charge in [-0.1, -0.05) is 6.07 Å². The van der Waals surface area contributed by atoms with Crippen LogP contribution in [0.25, 0.3) is 5.65 Å². The van der Waals surface area contributed by atoms with Gasteiger partial charge in [-0.05, 0) is 52.0 Å². The minimum Gasteiger partial charge on any atom is -0.384 e. The zero-order valence-electron chi connectivity index (χ0n) is 10.5. The van der Waals surface area contributed by atoms with Crippen LogP contribution in [0.4, 0.5) is 4.39 Å². The van der Waals surface area contributed by atoms with Crippen molar-refractivity contribution in [3.8, 4) is 0 Å². The number of pyridine rings is 1. The Balaban J connectivity index is 2.02. The first kappa shape index (κ1) is 14.0. The van der Waals surface area contributed by atoms with E-state index in [1.54, 1.807) is 16.5 Å². The predicted octanol–water partition coefficient (Wildman–Crippen LogP) is 3.07. The molecular formula is C13H9BrFN5S. The van der Waals surface area contributed by atoms with Gasteiger partial charge in [0.1, 0.15) is 5.84 Å². The Morgan fingerprint density at radius 1 is 1.29 bits per heavy atom. The number of nitrogens with one attached hydrogen (secondary N) is 1. The van der Waals surface area contributed by atoms with E-state index >= 15 is 0 Å². The quantitative estimate of drug-likeness (QED) is 0.552. The van der Waals surface area contributed by atoms with Crippen LogP contribution in [0.3, 0.4) is 0 Å². The van der Waals surface area contributed by atoms with Gasteiger partial charge in [0.2, 0.25) is 5.16 Å². The molecule has 0 saturated carbocycles. The molecule has 0 saturated heterocycles. The molecule has 0 aliphatic carbocycles. The van der Waals surface area contributed by atoms with Gasteiger partial charge in [-0.3, -0.25) is 9.81 Å². The summed E-state index contributed by atoms with van der Waals surface area (Å²) in [6.45, 7) is 0. The van der Waals surface area contributed by atoms with E-state index in [9.17, 15) is 4.39 Å². The number of nitrogen functional groups attached to an aromatic ring is 1. The van der Waals surface area contributed by atoms with Crippen LogP contribution >= 0.6 is 27.7 Å². The molecule has 0 bridgehead atoms. The van der Waals surface area contributed by atoms with Crippen LogP contribution in [0.2, 0.25) is 0 Å². The van der Waals surface area contributed by atoms with Crippen LogP contribution in [-0.4, -0.2) is 20.4 Å². The lowest BCUT2D eigenvalue weighted by Gasteiger charge is -2.07.